The summed E-state index contributed by atoms with van der Waals surface area (Å²) in [4.78, 5) is 5.50. The fourth-order valence-corrected chi connectivity index (χ4v) is 5.77. The highest BCUT2D eigenvalue weighted by Crippen LogP contribution is 2.40. The van der Waals surface area contributed by atoms with E-state index in [1.807, 2.05) is 6.92 Å². The molecule has 6 heteroatoms. The number of hydrogen-bond donors (Lipinski definition) is 1. The molecular weight excluding hydrogens is 444 g/mol. The van der Waals surface area contributed by atoms with Gasteiger partial charge in [0, 0.05) is 24.2 Å². The smallest absolute Gasteiger partial charge is 0.180 e. The van der Waals surface area contributed by atoms with Crippen LogP contribution in [0, 0.1) is 6.92 Å². The molecule has 0 bridgehead atoms. The molecule has 2 nitrogen and oxygen atoms in total. The summed E-state index contributed by atoms with van der Waals surface area (Å²) in [5, 5.41) is 0.624. The van der Waals surface area contributed by atoms with Crippen molar-refractivity contribution in [2.75, 3.05) is 5.73 Å². The number of halogens is 3. The van der Waals surface area contributed by atoms with Crippen molar-refractivity contribution < 1.29 is 0 Å². The topological polar surface area (TPSA) is 38.9 Å². The number of nitrogens with zero attached hydrogens (tertiary/aromatic N) is 1. The van der Waals surface area contributed by atoms with Crippen LogP contribution in [0.5, 0.6) is 0 Å². The van der Waals surface area contributed by atoms with Crippen molar-refractivity contribution >= 4 is 64.3 Å². The van der Waals surface area contributed by atoms with E-state index in [0.717, 1.165) is 19.1 Å². The first-order valence-corrected chi connectivity index (χ1v) is 8.47. The van der Waals surface area contributed by atoms with Crippen molar-refractivity contribution in [2.45, 2.75) is 19.8 Å². The minimum absolute atomic E-state index is 0.247. The Morgan fingerprint density at radius 1 is 1.22 bits per heavy atom. The minimum atomic E-state index is 0.247. The zero-order valence-electron chi connectivity index (χ0n) is 9.80. The third-order valence-electron chi connectivity index (χ3n) is 2.72. The van der Waals surface area contributed by atoms with E-state index >= 15 is 0 Å². The summed E-state index contributed by atoms with van der Waals surface area (Å²) in [5.41, 5.74) is 7.99. The van der Waals surface area contributed by atoms with Gasteiger partial charge in [-0.1, -0.05) is 54.7 Å². The molecule has 0 radical (unpaired) electrons. The van der Waals surface area contributed by atoms with E-state index in [1.165, 1.54) is 10.4 Å². The van der Waals surface area contributed by atoms with E-state index < -0.39 is 0 Å². The molecule has 96 valence electrons. The van der Waals surface area contributed by atoms with Crippen LogP contribution < -0.4 is 5.73 Å². The van der Waals surface area contributed by atoms with Crippen molar-refractivity contribution in [1.29, 1.82) is 0 Å². The van der Waals surface area contributed by atoms with Gasteiger partial charge in [-0.25, -0.2) is 4.98 Å². The van der Waals surface area contributed by atoms with Crippen LogP contribution in [0.3, 0.4) is 0 Å². The molecular formula is C12H11Br3N2S. The second-order valence-corrected chi connectivity index (χ2v) is 7.69. The average molecular weight is 455 g/mol. The fourth-order valence-electron chi connectivity index (χ4n) is 1.93. The van der Waals surface area contributed by atoms with Crippen LogP contribution in [0.15, 0.2) is 25.6 Å². The molecule has 0 aliphatic carbocycles. The van der Waals surface area contributed by atoms with Gasteiger partial charge in [-0.15, -0.1) is 11.3 Å². The molecule has 1 aromatic heterocycles. The summed E-state index contributed by atoms with van der Waals surface area (Å²) in [7, 11) is 0. The first kappa shape index (κ1) is 14.5. The first-order chi connectivity index (χ1) is 8.40. The van der Waals surface area contributed by atoms with Gasteiger partial charge in [-0.2, -0.15) is 0 Å². The maximum Gasteiger partial charge on any atom is 0.180 e. The number of hydrogen-bond acceptors (Lipinski definition) is 3. The zero-order chi connectivity index (χ0) is 13.4. The molecule has 1 unspecified atom stereocenters. The Hall–Kier alpha value is 0.0900. The largest absolute Gasteiger partial charge is 0.375 e. The normalized spacial score (nSPS) is 12.7. The molecule has 2 aromatic rings. The lowest BCUT2D eigenvalue weighted by atomic mass is 9.99. The molecule has 1 heterocycles. The fraction of sp³-hybridized carbons (Fsp3) is 0.250. The SMILES string of the molecule is Cc1nc(N)sc1C(C)c1c(Br)cc(Br)cc1Br. The van der Waals surface area contributed by atoms with Crippen LogP contribution in [0.2, 0.25) is 0 Å². The molecule has 0 saturated heterocycles. The van der Waals surface area contributed by atoms with E-state index in [0.29, 0.717) is 5.13 Å². The quantitative estimate of drug-likeness (QED) is 0.653. The van der Waals surface area contributed by atoms with Gasteiger partial charge >= 0.3 is 0 Å². The summed E-state index contributed by atoms with van der Waals surface area (Å²) in [6.07, 6.45) is 0. The van der Waals surface area contributed by atoms with Gasteiger partial charge in [0.15, 0.2) is 5.13 Å². The van der Waals surface area contributed by atoms with Gasteiger partial charge in [0.1, 0.15) is 0 Å². The number of nitrogen functional groups attached to an aromatic ring is 1. The first-order valence-electron chi connectivity index (χ1n) is 5.27. The molecule has 1 aromatic carbocycles. The predicted molar refractivity (Wildman–Crippen MR) is 88.3 cm³/mol. The number of rotatable bonds is 2. The lowest BCUT2D eigenvalue weighted by molar-refractivity contribution is 0.913. The van der Waals surface area contributed by atoms with Crippen LogP contribution in [-0.4, -0.2) is 4.98 Å². The molecule has 0 aliphatic rings. The van der Waals surface area contributed by atoms with E-state index in [-0.39, 0.29) is 5.92 Å². The van der Waals surface area contributed by atoms with E-state index in [4.69, 9.17) is 5.73 Å². The van der Waals surface area contributed by atoms with Crippen molar-refractivity contribution in [3.05, 3.63) is 41.7 Å². The van der Waals surface area contributed by atoms with Gasteiger partial charge in [-0.05, 0) is 24.6 Å². The number of aryl methyl sites for hydroxylation is 1. The summed E-state index contributed by atoms with van der Waals surface area (Å²) < 4.78 is 3.18. The number of aromatic nitrogens is 1. The van der Waals surface area contributed by atoms with Gasteiger partial charge < -0.3 is 5.73 Å². The number of thiazole rings is 1. The lowest BCUT2D eigenvalue weighted by Gasteiger charge is -2.15. The average Bonchev–Trinajstić information content (AvgIpc) is 2.56. The van der Waals surface area contributed by atoms with Crippen molar-refractivity contribution in [1.82, 2.24) is 4.98 Å². The third kappa shape index (κ3) is 2.81. The Morgan fingerprint density at radius 2 is 1.78 bits per heavy atom. The second kappa shape index (κ2) is 5.61. The summed E-state index contributed by atoms with van der Waals surface area (Å²) >= 11 is 12.3. The molecule has 18 heavy (non-hydrogen) atoms. The highest BCUT2D eigenvalue weighted by molar-refractivity contribution is 9.11. The number of nitrogens with two attached hydrogens (primary N) is 1. The van der Waals surface area contributed by atoms with Crippen LogP contribution in [0.1, 0.15) is 29.0 Å². The van der Waals surface area contributed by atoms with E-state index in [2.05, 4.69) is 71.8 Å². The Labute approximate surface area is 135 Å². The third-order valence-corrected chi connectivity index (χ3v) is 5.66. The van der Waals surface area contributed by atoms with E-state index in [1.54, 1.807) is 11.3 Å². The highest BCUT2D eigenvalue weighted by atomic mass is 79.9. The molecule has 0 amide bonds. The minimum Gasteiger partial charge on any atom is -0.375 e. The Bertz CT molecular complexity index is 572. The van der Waals surface area contributed by atoms with Crippen LogP contribution >= 0.6 is 59.1 Å². The maximum atomic E-state index is 5.77. The molecule has 0 spiro atoms. The lowest BCUT2D eigenvalue weighted by Crippen LogP contribution is -1.98. The summed E-state index contributed by atoms with van der Waals surface area (Å²) in [6.45, 7) is 4.16. The molecule has 0 fully saturated rings. The number of anilines is 1. The standard InChI is InChI=1S/C12H11Br3N2S/c1-5(11-6(2)17-12(16)18-11)10-8(14)3-7(13)4-9(10)15/h3-5H,1-2H3,(H2,16,17). The Morgan fingerprint density at radius 3 is 2.22 bits per heavy atom. The maximum absolute atomic E-state index is 5.77. The van der Waals surface area contributed by atoms with Crippen molar-refractivity contribution in [2.24, 2.45) is 0 Å². The van der Waals surface area contributed by atoms with Crippen LogP contribution in [-0.2, 0) is 0 Å². The predicted octanol–water partition coefficient (Wildman–Crippen LogP) is 5.47. The summed E-state index contributed by atoms with van der Waals surface area (Å²) in [6, 6.07) is 4.10. The molecule has 0 aliphatic heterocycles. The van der Waals surface area contributed by atoms with Gasteiger partial charge in [0.25, 0.3) is 0 Å². The molecule has 2 rings (SSSR count). The number of benzene rings is 1. The zero-order valence-corrected chi connectivity index (χ0v) is 15.4. The van der Waals surface area contributed by atoms with Gasteiger partial charge in [0.05, 0.1) is 5.69 Å². The van der Waals surface area contributed by atoms with Gasteiger partial charge in [0.2, 0.25) is 0 Å². The van der Waals surface area contributed by atoms with Gasteiger partial charge in [-0.3, -0.25) is 0 Å². The molecule has 0 saturated carbocycles. The molecule has 1 atom stereocenters. The monoisotopic (exact) mass is 452 g/mol. The van der Waals surface area contributed by atoms with E-state index in [9.17, 15) is 0 Å². The summed E-state index contributed by atoms with van der Waals surface area (Å²) in [5.74, 6) is 0.247. The Balaban J connectivity index is 2.52. The van der Waals surface area contributed by atoms with Crippen molar-refractivity contribution in [3.63, 3.8) is 0 Å². The van der Waals surface area contributed by atoms with Crippen molar-refractivity contribution in [3.8, 4) is 0 Å². The second-order valence-electron chi connectivity index (χ2n) is 4.01. The molecule has 2 N–H and O–H groups in total. The highest BCUT2D eigenvalue weighted by Gasteiger charge is 2.20. The van der Waals surface area contributed by atoms with Crippen LogP contribution in [0.4, 0.5) is 5.13 Å². The van der Waals surface area contributed by atoms with Crippen LogP contribution in [0.25, 0.3) is 0 Å². The Kier molecular flexibility index (Phi) is 4.52.